The molecule has 1 N–H and O–H groups in total. The van der Waals surface area contributed by atoms with E-state index in [1.165, 1.54) is 5.56 Å². The Bertz CT molecular complexity index is 318. The molecular weight excluding hydrogens is 174 g/mol. The van der Waals surface area contributed by atoms with E-state index in [1.54, 1.807) is 0 Å². The second-order valence-corrected chi connectivity index (χ2v) is 3.02. The van der Waals surface area contributed by atoms with E-state index < -0.39 is 0 Å². The summed E-state index contributed by atoms with van der Waals surface area (Å²) in [6, 6.07) is 4.09. The minimum absolute atomic E-state index is 0.134. The van der Waals surface area contributed by atoms with Crippen LogP contribution in [0.3, 0.4) is 0 Å². The van der Waals surface area contributed by atoms with E-state index in [0.29, 0.717) is 12.8 Å². The van der Waals surface area contributed by atoms with E-state index in [1.807, 2.05) is 12.3 Å². The van der Waals surface area contributed by atoms with Gasteiger partial charge >= 0.3 is 0 Å². The molecule has 0 bridgehead atoms. The maximum Gasteiger partial charge on any atom is 0.0540 e. The molecule has 0 atom stereocenters. The van der Waals surface area contributed by atoms with Crippen molar-refractivity contribution in [3.05, 3.63) is 29.6 Å². The molecule has 0 aliphatic carbocycles. The van der Waals surface area contributed by atoms with Crippen molar-refractivity contribution in [2.45, 2.75) is 26.2 Å². The molecule has 0 aliphatic rings. The SMILES string of the molecule is CCc1ccc(CC#CCCO)nc1. The summed E-state index contributed by atoms with van der Waals surface area (Å²) < 4.78 is 0. The molecule has 2 nitrogen and oxygen atoms in total. The Labute approximate surface area is 85.0 Å². The highest BCUT2D eigenvalue weighted by Gasteiger charge is 1.91. The molecule has 0 fully saturated rings. The summed E-state index contributed by atoms with van der Waals surface area (Å²) in [5, 5.41) is 8.51. The lowest BCUT2D eigenvalue weighted by atomic mass is 10.2. The molecule has 2 heteroatoms. The molecule has 1 aromatic heterocycles. The van der Waals surface area contributed by atoms with Crippen LogP contribution in [0.25, 0.3) is 0 Å². The number of aryl methyl sites for hydroxylation is 1. The average Bonchev–Trinajstić information content (AvgIpc) is 2.25. The van der Waals surface area contributed by atoms with Gasteiger partial charge in [0.1, 0.15) is 0 Å². The minimum Gasteiger partial charge on any atom is -0.395 e. The first kappa shape index (κ1) is 10.7. The Morgan fingerprint density at radius 1 is 1.36 bits per heavy atom. The first-order valence-corrected chi connectivity index (χ1v) is 4.87. The first-order chi connectivity index (χ1) is 6.86. The van der Waals surface area contributed by atoms with Gasteiger partial charge in [0, 0.05) is 12.6 Å². The normalized spacial score (nSPS) is 9.29. The second kappa shape index (κ2) is 6.17. The number of hydrogen-bond donors (Lipinski definition) is 1. The summed E-state index contributed by atoms with van der Waals surface area (Å²) in [4.78, 5) is 4.28. The topological polar surface area (TPSA) is 33.1 Å². The number of aliphatic hydroxyl groups is 1. The summed E-state index contributed by atoms with van der Waals surface area (Å²) in [6.45, 7) is 2.24. The smallest absolute Gasteiger partial charge is 0.0540 e. The molecule has 14 heavy (non-hydrogen) atoms. The summed E-state index contributed by atoms with van der Waals surface area (Å²) >= 11 is 0. The first-order valence-electron chi connectivity index (χ1n) is 4.87. The highest BCUT2D eigenvalue weighted by atomic mass is 16.2. The number of nitrogens with zero attached hydrogens (tertiary/aromatic N) is 1. The predicted molar refractivity (Wildman–Crippen MR) is 56.8 cm³/mol. The quantitative estimate of drug-likeness (QED) is 0.732. The number of hydrogen-bond acceptors (Lipinski definition) is 2. The van der Waals surface area contributed by atoms with Crippen LogP contribution >= 0.6 is 0 Å². The van der Waals surface area contributed by atoms with E-state index in [9.17, 15) is 0 Å². The molecule has 0 saturated carbocycles. The van der Waals surface area contributed by atoms with Gasteiger partial charge in [0.05, 0.1) is 18.7 Å². The van der Waals surface area contributed by atoms with Crippen LogP contribution in [-0.2, 0) is 12.8 Å². The Kier molecular flexibility index (Phi) is 4.74. The third kappa shape index (κ3) is 3.59. The molecule has 0 spiro atoms. The zero-order valence-electron chi connectivity index (χ0n) is 8.45. The van der Waals surface area contributed by atoms with Crippen LogP contribution in [0.5, 0.6) is 0 Å². The molecule has 0 amide bonds. The van der Waals surface area contributed by atoms with Crippen molar-refractivity contribution in [3.63, 3.8) is 0 Å². The average molecular weight is 189 g/mol. The molecule has 74 valence electrons. The van der Waals surface area contributed by atoms with Gasteiger partial charge in [0.25, 0.3) is 0 Å². The van der Waals surface area contributed by atoms with Gasteiger partial charge in [-0.3, -0.25) is 4.98 Å². The number of pyridine rings is 1. The van der Waals surface area contributed by atoms with Crippen molar-refractivity contribution < 1.29 is 5.11 Å². The van der Waals surface area contributed by atoms with E-state index in [2.05, 4.69) is 29.8 Å². The molecule has 0 saturated heterocycles. The fourth-order valence-electron chi connectivity index (χ4n) is 1.07. The molecule has 0 aromatic carbocycles. The van der Waals surface area contributed by atoms with E-state index in [-0.39, 0.29) is 6.61 Å². The molecule has 0 radical (unpaired) electrons. The lowest BCUT2D eigenvalue weighted by Crippen LogP contribution is -1.89. The molecule has 1 rings (SSSR count). The summed E-state index contributed by atoms with van der Waals surface area (Å²) in [7, 11) is 0. The van der Waals surface area contributed by atoms with Crippen molar-refractivity contribution in [1.82, 2.24) is 4.98 Å². The lowest BCUT2D eigenvalue weighted by molar-refractivity contribution is 0.305. The number of rotatable bonds is 3. The van der Waals surface area contributed by atoms with Crippen LogP contribution in [0.2, 0.25) is 0 Å². The minimum atomic E-state index is 0.134. The maximum atomic E-state index is 8.51. The van der Waals surface area contributed by atoms with Crippen LogP contribution in [-0.4, -0.2) is 16.7 Å². The molecule has 1 heterocycles. The standard InChI is InChI=1S/C12H15NO/c1-2-11-7-8-12(13-10-11)6-4-3-5-9-14/h7-8,10,14H,2,5-6,9H2,1H3. The van der Waals surface area contributed by atoms with Crippen LogP contribution in [0.1, 0.15) is 24.6 Å². The van der Waals surface area contributed by atoms with Gasteiger partial charge in [0.2, 0.25) is 0 Å². The summed E-state index contributed by atoms with van der Waals surface area (Å²) in [6.07, 6.45) is 4.13. The lowest BCUT2D eigenvalue weighted by Gasteiger charge is -1.96. The molecule has 0 unspecified atom stereocenters. The van der Waals surface area contributed by atoms with Crippen molar-refractivity contribution >= 4 is 0 Å². The summed E-state index contributed by atoms with van der Waals surface area (Å²) in [5.74, 6) is 5.84. The second-order valence-electron chi connectivity index (χ2n) is 3.02. The van der Waals surface area contributed by atoms with Crippen LogP contribution in [0.15, 0.2) is 18.3 Å². The molecule has 0 aliphatic heterocycles. The van der Waals surface area contributed by atoms with E-state index >= 15 is 0 Å². The predicted octanol–water partition coefficient (Wildman–Crippen LogP) is 1.57. The Morgan fingerprint density at radius 2 is 2.21 bits per heavy atom. The van der Waals surface area contributed by atoms with Gasteiger partial charge in [-0.15, -0.1) is 5.92 Å². The van der Waals surface area contributed by atoms with Gasteiger partial charge < -0.3 is 5.11 Å². The fourth-order valence-corrected chi connectivity index (χ4v) is 1.07. The molecule has 1 aromatic rings. The monoisotopic (exact) mass is 189 g/mol. The largest absolute Gasteiger partial charge is 0.395 e. The third-order valence-corrected chi connectivity index (χ3v) is 1.93. The Hall–Kier alpha value is -1.33. The van der Waals surface area contributed by atoms with Crippen molar-refractivity contribution in [2.24, 2.45) is 0 Å². The van der Waals surface area contributed by atoms with Gasteiger partial charge in [-0.05, 0) is 18.1 Å². The van der Waals surface area contributed by atoms with E-state index in [4.69, 9.17) is 5.11 Å². The van der Waals surface area contributed by atoms with Crippen molar-refractivity contribution in [2.75, 3.05) is 6.61 Å². The van der Waals surface area contributed by atoms with Crippen LogP contribution in [0.4, 0.5) is 0 Å². The third-order valence-electron chi connectivity index (χ3n) is 1.93. The van der Waals surface area contributed by atoms with Gasteiger partial charge in [0.15, 0.2) is 0 Å². The molecular formula is C12H15NO. The zero-order valence-corrected chi connectivity index (χ0v) is 8.45. The zero-order chi connectivity index (χ0) is 10.2. The summed E-state index contributed by atoms with van der Waals surface area (Å²) in [5.41, 5.74) is 2.24. The van der Waals surface area contributed by atoms with Crippen molar-refractivity contribution in [1.29, 1.82) is 0 Å². The number of aliphatic hydroxyl groups excluding tert-OH is 1. The maximum absolute atomic E-state index is 8.51. The van der Waals surface area contributed by atoms with Gasteiger partial charge in [-0.25, -0.2) is 0 Å². The van der Waals surface area contributed by atoms with Crippen LogP contribution < -0.4 is 0 Å². The van der Waals surface area contributed by atoms with Crippen LogP contribution in [0, 0.1) is 11.8 Å². The van der Waals surface area contributed by atoms with E-state index in [0.717, 1.165) is 12.1 Å². The van der Waals surface area contributed by atoms with Crippen molar-refractivity contribution in [3.8, 4) is 11.8 Å². The van der Waals surface area contributed by atoms with Gasteiger partial charge in [-0.2, -0.15) is 0 Å². The highest BCUT2D eigenvalue weighted by molar-refractivity contribution is 5.18. The highest BCUT2D eigenvalue weighted by Crippen LogP contribution is 2.00. The Morgan fingerprint density at radius 3 is 2.79 bits per heavy atom. The Balaban J connectivity index is 2.49. The van der Waals surface area contributed by atoms with Gasteiger partial charge in [-0.1, -0.05) is 18.9 Å². The number of aromatic nitrogens is 1. The fraction of sp³-hybridized carbons (Fsp3) is 0.417.